The van der Waals surface area contributed by atoms with Gasteiger partial charge in [-0.1, -0.05) is 0 Å². The fraction of sp³-hybridized carbons (Fsp3) is 0.462. The number of nitrogens with one attached hydrogen (secondary N) is 1. The standard InChI is InChI=1S/C13H21N3O3S/c1-5-15-12(17)8-16(4)20(18,19)13-9(2)6-11(14)7-10(13)3/h6-7H,5,8,14H2,1-4H3,(H,15,17). The summed E-state index contributed by atoms with van der Waals surface area (Å²) < 4.78 is 26.1. The average molecular weight is 299 g/mol. The van der Waals surface area contributed by atoms with Crippen LogP contribution in [0.25, 0.3) is 0 Å². The van der Waals surface area contributed by atoms with Crippen LogP contribution in [0, 0.1) is 13.8 Å². The van der Waals surface area contributed by atoms with Crippen molar-refractivity contribution in [3.63, 3.8) is 0 Å². The number of amides is 1. The molecule has 0 aliphatic carbocycles. The van der Waals surface area contributed by atoms with Crippen LogP contribution in [0.5, 0.6) is 0 Å². The highest BCUT2D eigenvalue weighted by Crippen LogP contribution is 2.25. The first kappa shape index (κ1) is 16.5. The van der Waals surface area contributed by atoms with E-state index < -0.39 is 10.0 Å². The summed E-state index contributed by atoms with van der Waals surface area (Å²) in [7, 11) is -2.32. The van der Waals surface area contributed by atoms with Crippen molar-refractivity contribution < 1.29 is 13.2 Å². The van der Waals surface area contributed by atoms with Gasteiger partial charge in [0.05, 0.1) is 11.4 Å². The monoisotopic (exact) mass is 299 g/mol. The van der Waals surface area contributed by atoms with Gasteiger partial charge in [0, 0.05) is 19.3 Å². The Hall–Kier alpha value is -1.60. The SMILES string of the molecule is CCNC(=O)CN(C)S(=O)(=O)c1c(C)cc(N)cc1C. The van der Waals surface area contributed by atoms with E-state index in [9.17, 15) is 13.2 Å². The van der Waals surface area contributed by atoms with Gasteiger partial charge in [0.25, 0.3) is 0 Å². The number of rotatable bonds is 5. The van der Waals surface area contributed by atoms with Gasteiger partial charge in [0.2, 0.25) is 15.9 Å². The molecule has 7 heteroatoms. The average Bonchev–Trinajstić information content (AvgIpc) is 2.26. The van der Waals surface area contributed by atoms with E-state index in [1.165, 1.54) is 7.05 Å². The maximum Gasteiger partial charge on any atom is 0.243 e. The molecule has 0 radical (unpaired) electrons. The van der Waals surface area contributed by atoms with Crippen LogP contribution >= 0.6 is 0 Å². The van der Waals surface area contributed by atoms with Crippen molar-refractivity contribution >= 4 is 21.6 Å². The van der Waals surface area contributed by atoms with Crippen molar-refractivity contribution in [3.8, 4) is 0 Å². The smallest absolute Gasteiger partial charge is 0.243 e. The molecule has 6 nitrogen and oxygen atoms in total. The van der Waals surface area contributed by atoms with Gasteiger partial charge in [0.1, 0.15) is 0 Å². The summed E-state index contributed by atoms with van der Waals surface area (Å²) in [6, 6.07) is 3.22. The molecule has 0 aromatic heterocycles. The van der Waals surface area contributed by atoms with Crippen molar-refractivity contribution in [2.45, 2.75) is 25.7 Å². The molecular formula is C13H21N3O3S. The highest BCUT2D eigenvalue weighted by atomic mass is 32.2. The number of benzene rings is 1. The van der Waals surface area contributed by atoms with Gasteiger partial charge in [-0.25, -0.2) is 8.42 Å². The third kappa shape index (κ3) is 3.49. The maximum absolute atomic E-state index is 12.5. The summed E-state index contributed by atoms with van der Waals surface area (Å²) in [6.45, 7) is 5.42. The van der Waals surface area contributed by atoms with Crippen LogP contribution in [-0.4, -0.2) is 38.8 Å². The number of anilines is 1. The summed E-state index contributed by atoms with van der Waals surface area (Å²) in [6.07, 6.45) is 0. The van der Waals surface area contributed by atoms with E-state index in [2.05, 4.69) is 5.32 Å². The topological polar surface area (TPSA) is 92.5 Å². The zero-order valence-corrected chi connectivity index (χ0v) is 13.0. The molecule has 20 heavy (non-hydrogen) atoms. The van der Waals surface area contributed by atoms with E-state index in [-0.39, 0.29) is 17.3 Å². The fourth-order valence-corrected chi connectivity index (χ4v) is 3.62. The lowest BCUT2D eigenvalue weighted by molar-refractivity contribution is -0.121. The van der Waals surface area contributed by atoms with Crippen LogP contribution in [0.3, 0.4) is 0 Å². The molecular weight excluding hydrogens is 278 g/mol. The van der Waals surface area contributed by atoms with E-state index in [0.717, 1.165) is 4.31 Å². The third-order valence-corrected chi connectivity index (χ3v) is 5.00. The summed E-state index contributed by atoms with van der Waals surface area (Å²) in [5, 5.41) is 2.57. The molecule has 1 amide bonds. The van der Waals surface area contributed by atoms with Gasteiger partial charge >= 0.3 is 0 Å². The van der Waals surface area contributed by atoms with Gasteiger partial charge in [-0.15, -0.1) is 0 Å². The van der Waals surface area contributed by atoms with Gasteiger partial charge in [-0.05, 0) is 44.0 Å². The Bertz CT molecular complexity index is 588. The van der Waals surface area contributed by atoms with Crippen LogP contribution < -0.4 is 11.1 Å². The minimum absolute atomic E-state index is 0.207. The number of nitrogen functional groups attached to an aromatic ring is 1. The first-order valence-corrected chi connectivity index (χ1v) is 7.74. The Morgan fingerprint density at radius 1 is 1.30 bits per heavy atom. The van der Waals surface area contributed by atoms with Crippen LogP contribution in [-0.2, 0) is 14.8 Å². The van der Waals surface area contributed by atoms with Crippen molar-refractivity contribution in [1.82, 2.24) is 9.62 Å². The highest BCUT2D eigenvalue weighted by Gasteiger charge is 2.26. The van der Waals surface area contributed by atoms with Gasteiger partial charge in [-0.3, -0.25) is 4.79 Å². The number of aryl methyl sites for hydroxylation is 2. The van der Waals surface area contributed by atoms with Crippen molar-refractivity contribution in [3.05, 3.63) is 23.3 Å². The highest BCUT2D eigenvalue weighted by molar-refractivity contribution is 7.89. The second-order valence-corrected chi connectivity index (χ2v) is 6.68. The number of nitrogens with two attached hydrogens (primary N) is 1. The lowest BCUT2D eigenvalue weighted by Gasteiger charge is -2.20. The maximum atomic E-state index is 12.5. The molecule has 1 aromatic rings. The van der Waals surface area contributed by atoms with Crippen LogP contribution in [0.4, 0.5) is 5.69 Å². The molecule has 0 atom stereocenters. The second kappa shape index (κ2) is 6.23. The Morgan fingerprint density at radius 2 is 1.80 bits per heavy atom. The van der Waals surface area contributed by atoms with Crippen molar-refractivity contribution in [2.24, 2.45) is 0 Å². The van der Waals surface area contributed by atoms with Gasteiger partial charge in [0.15, 0.2) is 0 Å². The number of hydrogen-bond acceptors (Lipinski definition) is 4. The molecule has 0 aliphatic rings. The van der Waals surface area contributed by atoms with E-state index in [1.807, 2.05) is 0 Å². The molecule has 1 rings (SSSR count). The lowest BCUT2D eigenvalue weighted by Crippen LogP contribution is -2.38. The number of carbonyl (C=O) groups excluding carboxylic acids is 1. The first-order valence-electron chi connectivity index (χ1n) is 6.30. The molecule has 0 spiro atoms. The molecule has 0 saturated heterocycles. The summed E-state index contributed by atoms with van der Waals surface area (Å²) in [4.78, 5) is 11.7. The molecule has 0 bridgehead atoms. The quantitative estimate of drug-likeness (QED) is 0.780. The largest absolute Gasteiger partial charge is 0.399 e. The minimum atomic E-state index is -3.71. The van der Waals surface area contributed by atoms with Crippen LogP contribution in [0.1, 0.15) is 18.1 Å². The number of sulfonamides is 1. The molecule has 0 fully saturated rings. The van der Waals surface area contributed by atoms with E-state index in [1.54, 1.807) is 32.9 Å². The third-order valence-electron chi connectivity index (χ3n) is 2.89. The van der Waals surface area contributed by atoms with Crippen LogP contribution in [0.15, 0.2) is 17.0 Å². The number of likely N-dealkylation sites (N-methyl/N-ethyl adjacent to an activating group) is 2. The number of hydrogen-bond donors (Lipinski definition) is 2. The Balaban J connectivity index is 3.14. The summed E-state index contributed by atoms with van der Waals surface area (Å²) >= 11 is 0. The molecule has 3 N–H and O–H groups in total. The zero-order chi connectivity index (χ0) is 15.5. The predicted octanol–water partition coefficient (Wildman–Crippen LogP) is 0.642. The molecule has 0 heterocycles. The molecule has 0 unspecified atom stereocenters. The van der Waals surface area contributed by atoms with Crippen molar-refractivity contribution in [1.29, 1.82) is 0 Å². The number of nitrogens with zero attached hydrogens (tertiary/aromatic N) is 1. The molecule has 0 saturated carbocycles. The van der Waals surface area contributed by atoms with E-state index in [4.69, 9.17) is 5.73 Å². The normalized spacial score (nSPS) is 11.7. The Kier molecular flexibility index (Phi) is 5.13. The summed E-state index contributed by atoms with van der Waals surface area (Å²) in [5.41, 5.74) is 7.36. The van der Waals surface area contributed by atoms with Gasteiger partial charge < -0.3 is 11.1 Å². The lowest BCUT2D eigenvalue weighted by atomic mass is 10.1. The molecule has 1 aromatic carbocycles. The zero-order valence-electron chi connectivity index (χ0n) is 12.2. The molecule has 112 valence electrons. The Morgan fingerprint density at radius 3 is 2.25 bits per heavy atom. The summed E-state index contributed by atoms with van der Waals surface area (Å²) in [5.74, 6) is -0.329. The number of carbonyl (C=O) groups is 1. The second-order valence-electron chi connectivity index (χ2n) is 4.70. The predicted molar refractivity (Wildman–Crippen MR) is 78.8 cm³/mol. The van der Waals surface area contributed by atoms with Crippen LogP contribution in [0.2, 0.25) is 0 Å². The van der Waals surface area contributed by atoms with Gasteiger partial charge in [-0.2, -0.15) is 4.31 Å². The van der Waals surface area contributed by atoms with Crippen molar-refractivity contribution in [2.75, 3.05) is 25.9 Å². The van der Waals surface area contributed by atoms with E-state index in [0.29, 0.717) is 23.4 Å². The first-order chi connectivity index (χ1) is 9.20. The van der Waals surface area contributed by atoms with E-state index >= 15 is 0 Å². The molecule has 0 aliphatic heterocycles. The fourth-order valence-electron chi connectivity index (χ4n) is 2.09. The Labute approximate surface area is 120 Å². The minimum Gasteiger partial charge on any atom is -0.399 e.